The van der Waals surface area contributed by atoms with Gasteiger partial charge in [-0.15, -0.1) is 0 Å². The molecule has 0 atom stereocenters. The Morgan fingerprint density at radius 3 is 2.76 bits per heavy atom. The van der Waals surface area contributed by atoms with Crippen molar-refractivity contribution in [2.45, 2.75) is 26.8 Å². The smallest absolute Gasteiger partial charge is 0.226 e. The van der Waals surface area contributed by atoms with Gasteiger partial charge >= 0.3 is 0 Å². The van der Waals surface area contributed by atoms with Gasteiger partial charge in [-0.2, -0.15) is 0 Å². The van der Waals surface area contributed by atoms with Crippen molar-refractivity contribution in [2.24, 2.45) is 0 Å². The zero-order valence-electron chi connectivity index (χ0n) is 14.2. The number of nitrogens with one attached hydrogen (secondary N) is 1. The van der Waals surface area contributed by atoms with Crippen molar-refractivity contribution in [3.63, 3.8) is 0 Å². The second-order valence-corrected chi connectivity index (χ2v) is 5.73. The molecule has 1 aromatic carbocycles. The van der Waals surface area contributed by atoms with Crippen LogP contribution in [0.2, 0.25) is 0 Å². The number of para-hydroxylation sites is 1. The summed E-state index contributed by atoms with van der Waals surface area (Å²) in [6, 6.07) is 13.1. The van der Waals surface area contributed by atoms with E-state index >= 15 is 0 Å². The summed E-state index contributed by atoms with van der Waals surface area (Å²) in [7, 11) is 0. The molecule has 3 rings (SSSR count). The number of amides is 1. The van der Waals surface area contributed by atoms with Gasteiger partial charge < -0.3 is 14.6 Å². The molecule has 0 radical (unpaired) electrons. The highest BCUT2D eigenvalue weighted by Crippen LogP contribution is 2.24. The standard InChI is InChI=1S/C19H19N3O3/c1-13-5-3-4-6-18(13)24-17-7-8-20-16(10-17)12-21-19(23)11-15-9-14(2)25-22-15/h3-10H,11-12H2,1-2H3,(H,21,23). The fourth-order valence-electron chi connectivity index (χ4n) is 2.33. The Balaban J connectivity index is 1.58. The van der Waals surface area contributed by atoms with Crippen molar-refractivity contribution in [2.75, 3.05) is 0 Å². The van der Waals surface area contributed by atoms with Gasteiger partial charge in [0.1, 0.15) is 17.3 Å². The largest absolute Gasteiger partial charge is 0.457 e. The Kier molecular flexibility index (Phi) is 5.09. The monoisotopic (exact) mass is 337 g/mol. The number of hydrogen-bond donors (Lipinski definition) is 1. The first kappa shape index (κ1) is 16.7. The van der Waals surface area contributed by atoms with E-state index in [0.29, 0.717) is 23.7 Å². The summed E-state index contributed by atoms with van der Waals surface area (Å²) in [6.45, 7) is 4.10. The summed E-state index contributed by atoms with van der Waals surface area (Å²) < 4.78 is 10.8. The fraction of sp³-hybridized carbons (Fsp3) is 0.211. The van der Waals surface area contributed by atoms with E-state index in [4.69, 9.17) is 9.26 Å². The van der Waals surface area contributed by atoms with E-state index < -0.39 is 0 Å². The van der Waals surface area contributed by atoms with Gasteiger partial charge in [-0.1, -0.05) is 23.4 Å². The lowest BCUT2D eigenvalue weighted by molar-refractivity contribution is -0.120. The minimum atomic E-state index is -0.139. The van der Waals surface area contributed by atoms with E-state index in [9.17, 15) is 4.79 Å². The van der Waals surface area contributed by atoms with Crippen LogP contribution in [0.4, 0.5) is 0 Å². The van der Waals surface area contributed by atoms with E-state index in [1.54, 1.807) is 25.3 Å². The third kappa shape index (κ3) is 4.67. The van der Waals surface area contributed by atoms with Gasteiger partial charge in [0.2, 0.25) is 5.91 Å². The molecule has 0 aliphatic heterocycles. The van der Waals surface area contributed by atoms with Crippen LogP contribution in [0.1, 0.15) is 22.7 Å². The summed E-state index contributed by atoms with van der Waals surface area (Å²) >= 11 is 0. The summed E-state index contributed by atoms with van der Waals surface area (Å²) in [6.07, 6.45) is 1.84. The number of carbonyl (C=O) groups is 1. The number of rotatable bonds is 6. The van der Waals surface area contributed by atoms with Gasteiger partial charge in [-0.3, -0.25) is 9.78 Å². The van der Waals surface area contributed by atoms with Crippen LogP contribution >= 0.6 is 0 Å². The van der Waals surface area contributed by atoms with Gasteiger partial charge in [0, 0.05) is 18.3 Å². The van der Waals surface area contributed by atoms with Crippen LogP contribution in [0, 0.1) is 13.8 Å². The van der Waals surface area contributed by atoms with Gasteiger partial charge in [-0.05, 0) is 31.5 Å². The molecule has 0 aliphatic rings. The molecule has 3 aromatic rings. The maximum absolute atomic E-state index is 12.0. The minimum Gasteiger partial charge on any atom is -0.457 e. The Morgan fingerprint density at radius 1 is 1.16 bits per heavy atom. The fourth-order valence-corrected chi connectivity index (χ4v) is 2.33. The maximum atomic E-state index is 12.0. The number of ether oxygens (including phenoxy) is 1. The zero-order valence-corrected chi connectivity index (χ0v) is 14.2. The summed E-state index contributed by atoms with van der Waals surface area (Å²) in [5.41, 5.74) is 2.38. The first-order chi connectivity index (χ1) is 12.1. The maximum Gasteiger partial charge on any atom is 0.226 e. The quantitative estimate of drug-likeness (QED) is 0.746. The molecule has 0 unspecified atom stereocenters. The molecule has 2 heterocycles. The Bertz CT molecular complexity index is 874. The Hall–Kier alpha value is -3.15. The Morgan fingerprint density at radius 2 is 2.00 bits per heavy atom. The molecular formula is C19H19N3O3. The molecule has 25 heavy (non-hydrogen) atoms. The predicted octanol–water partition coefficient (Wildman–Crippen LogP) is 3.34. The number of hydrogen-bond acceptors (Lipinski definition) is 5. The number of carbonyl (C=O) groups excluding carboxylic acids is 1. The van der Waals surface area contributed by atoms with E-state index in [-0.39, 0.29) is 12.3 Å². The average molecular weight is 337 g/mol. The van der Waals surface area contributed by atoms with Crippen molar-refractivity contribution in [3.8, 4) is 11.5 Å². The SMILES string of the molecule is Cc1cc(CC(=O)NCc2cc(Oc3ccccc3C)ccn2)no1. The lowest BCUT2D eigenvalue weighted by Crippen LogP contribution is -2.25. The predicted molar refractivity (Wildman–Crippen MR) is 92.3 cm³/mol. The normalized spacial score (nSPS) is 10.5. The highest BCUT2D eigenvalue weighted by atomic mass is 16.5. The average Bonchev–Trinajstić information content (AvgIpc) is 3.00. The molecule has 0 saturated heterocycles. The van der Waals surface area contributed by atoms with E-state index in [0.717, 1.165) is 17.0 Å². The number of nitrogens with zero attached hydrogens (tertiary/aromatic N) is 2. The van der Waals surface area contributed by atoms with Gasteiger partial charge in [0.25, 0.3) is 0 Å². The summed E-state index contributed by atoms with van der Waals surface area (Å²) in [4.78, 5) is 16.2. The van der Waals surface area contributed by atoms with E-state index in [2.05, 4.69) is 15.5 Å². The molecular weight excluding hydrogens is 318 g/mol. The molecule has 0 fully saturated rings. The number of pyridine rings is 1. The van der Waals surface area contributed by atoms with Crippen molar-refractivity contribution in [1.29, 1.82) is 0 Å². The summed E-state index contributed by atoms with van der Waals surface area (Å²) in [5, 5.41) is 6.63. The summed E-state index contributed by atoms with van der Waals surface area (Å²) in [5.74, 6) is 2.02. The Labute approximate surface area is 145 Å². The molecule has 128 valence electrons. The van der Waals surface area contributed by atoms with Crippen LogP contribution < -0.4 is 10.1 Å². The van der Waals surface area contributed by atoms with Gasteiger partial charge in [-0.25, -0.2) is 0 Å². The van der Waals surface area contributed by atoms with E-state index in [1.807, 2.05) is 37.3 Å². The minimum absolute atomic E-state index is 0.139. The molecule has 0 spiro atoms. The highest BCUT2D eigenvalue weighted by Gasteiger charge is 2.08. The van der Waals surface area contributed by atoms with Crippen molar-refractivity contribution in [1.82, 2.24) is 15.5 Å². The third-order valence-electron chi connectivity index (χ3n) is 3.59. The topological polar surface area (TPSA) is 77.2 Å². The number of aryl methyl sites for hydroxylation is 2. The van der Waals surface area contributed by atoms with Crippen LogP contribution in [0.25, 0.3) is 0 Å². The number of benzene rings is 1. The van der Waals surface area contributed by atoms with Crippen molar-refractivity contribution in [3.05, 3.63) is 71.4 Å². The second kappa shape index (κ2) is 7.61. The van der Waals surface area contributed by atoms with Gasteiger partial charge in [0.05, 0.1) is 24.4 Å². The molecule has 2 aromatic heterocycles. The van der Waals surface area contributed by atoms with Gasteiger partial charge in [0.15, 0.2) is 0 Å². The lowest BCUT2D eigenvalue weighted by atomic mass is 10.2. The molecule has 0 saturated carbocycles. The zero-order chi connectivity index (χ0) is 17.6. The lowest BCUT2D eigenvalue weighted by Gasteiger charge is -2.09. The molecule has 6 nitrogen and oxygen atoms in total. The van der Waals surface area contributed by atoms with Crippen LogP contribution in [0.5, 0.6) is 11.5 Å². The van der Waals surface area contributed by atoms with Crippen molar-refractivity contribution < 1.29 is 14.1 Å². The van der Waals surface area contributed by atoms with Crippen LogP contribution in [0.15, 0.2) is 53.2 Å². The number of aromatic nitrogens is 2. The second-order valence-electron chi connectivity index (χ2n) is 5.73. The van der Waals surface area contributed by atoms with Crippen LogP contribution in [-0.4, -0.2) is 16.0 Å². The molecule has 0 bridgehead atoms. The highest BCUT2D eigenvalue weighted by molar-refractivity contribution is 5.78. The first-order valence-electron chi connectivity index (χ1n) is 7.97. The first-order valence-corrected chi connectivity index (χ1v) is 7.97. The molecule has 1 amide bonds. The third-order valence-corrected chi connectivity index (χ3v) is 3.59. The van der Waals surface area contributed by atoms with Crippen molar-refractivity contribution >= 4 is 5.91 Å². The van der Waals surface area contributed by atoms with E-state index in [1.165, 1.54) is 0 Å². The van der Waals surface area contributed by atoms with Crippen LogP contribution in [-0.2, 0) is 17.8 Å². The molecule has 6 heteroatoms. The molecule has 1 N–H and O–H groups in total. The van der Waals surface area contributed by atoms with Crippen LogP contribution in [0.3, 0.4) is 0 Å². The molecule has 0 aliphatic carbocycles.